The molecule has 0 spiro atoms. The molecule has 0 unspecified atom stereocenters. The molecule has 0 aliphatic carbocycles. The second kappa shape index (κ2) is 13.5. The van der Waals surface area contributed by atoms with E-state index in [1.54, 1.807) is 14.2 Å². The summed E-state index contributed by atoms with van der Waals surface area (Å²) in [4.78, 5) is 17.2. The van der Waals surface area contributed by atoms with Gasteiger partial charge >= 0.3 is 0 Å². The average Bonchev–Trinajstić information content (AvgIpc) is 2.84. The molecule has 1 fully saturated rings. The van der Waals surface area contributed by atoms with Gasteiger partial charge < -0.3 is 19.3 Å². The number of hydrogen-bond acceptors (Lipinski definition) is 4. The third-order valence-electron chi connectivity index (χ3n) is 6.43. The highest BCUT2D eigenvalue weighted by atomic mass is 35.5. The Balaban J connectivity index is 0.00000385. The number of benzene rings is 2. The standard InChI is InChI=1S/C27H38N2O3.ClH/c1-5-10-21-19-26(32-4)22(20-25(21)31-3)13-16-28-17-14-24(15-18-28)29(27(30)6-2)23-11-8-7-9-12-23;/h7-9,11-12,19-20,24H,5-6,10,13-18H2,1-4H3;1H. The molecule has 2 aromatic rings. The van der Waals surface area contributed by atoms with Crippen molar-refractivity contribution < 1.29 is 14.3 Å². The van der Waals surface area contributed by atoms with Gasteiger partial charge in [-0.05, 0) is 61.1 Å². The minimum atomic E-state index is 0. The molecule has 33 heavy (non-hydrogen) atoms. The van der Waals surface area contributed by atoms with Crippen LogP contribution in [-0.4, -0.2) is 50.7 Å². The van der Waals surface area contributed by atoms with E-state index in [9.17, 15) is 4.79 Å². The van der Waals surface area contributed by atoms with Crippen LogP contribution in [0.1, 0.15) is 50.7 Å². The number of hydrogen-bond donors (Lipinski definition) is 0. The molecule has 3 rings (SSSR count). The fourth-order valence-electron chi connectivity index (χ4n) is 4.68. The minimum Gasteiger partial charge on any atom is -0.496 e. The van der Waals surface area contributed by atoms with Crippen LogP contribution >= 0.6 is 12.4 Å². The first kappa shape index (κ1) is 27.0. The molecule has 0 saturated carbocycles. The van der Waals surface area contributed by atoms with E-state index in [0.29, 0.717) is 6.42 Å². The van der Waals surface area contributed by atoms with E-state index >= 15 is 0 Å². The second-order valence-electron chi connectivity index (χ2n) is 8.50. The molecule has 0 atom stereocenters. The third kappa shape index (κ3) is 6.87. The van der Waals surface area contributed by atoms with Gasteiger partial charge in [-0.15, -0.1) is 12.4 Å². The van der Waals surface area contributed by atoms with Crippen molar-refractivity contribution in [2.45, 2.75) is 58.4 Å². The lowest BCUT2D eigenvalue weighted by atomic mass is 10.00. The Morgan fingerprint density at radius 3 is 2.06 bits per heavy atom. The van der Waals surface area contributed by atoms with Gasteiger partial charge in [0, 0.05) is 37.8 Å². The predicted octanol–water partition coefficient (Wildman–Crippen LogP) is 5.53. The summed E-state index contributed by atoms with van der Waals surface area (Å²) in [6.07, 6.45) is 5.51. The zero-order chi connectivity index (χ0) is 22.9. The van der Waals surface area contributed by atoms with Crippen molar-refractivity contribution in [3.63, 3.8) is 0 Å². The van der Waals surface area contributed by atoms with Crippen LogP contribution in [0.15, 0.2) is 42.5 Å². The molecule has 1 saturated heterocycles. The van der Waals surface area contributed by atoms with Gasteiger partial charge in [-0.1, -0.05) is 38.5 Å². The van der Waals surface area contributed by atoms with Crippen LogP contribution in [0.5, 0.6) is 11.5 Å². The molecular weight excluding hydrogens is 436 g/mol. The van der Waals surface area contributed by atoms with Crippen molar-refractivity contribution in [2.24, 2.45) is 0 Å². The van der Waals surface area contributed by atoms with Gasteiger partial charge in [0.25, 0.3) is 0 Å². The van der Waals surface area contributed by atoms with Crippen LogP contribution in [-0.2, 0) is 17.6 Å². The van der Waals surface area contributed by atoms with Crippen LogP contribution in [0, 0.1) is 0 Å². The number of nitrogens with zero attached hydrogens (tertiary/aromatic N) is 2. The summed E-state index contributed by atoms with van der Waals surface area (Å²) < 4.78 is 11.3. The van der Waals surface area contributed by atoms with E-state index in [4.69, 9.17) is 9.47 Å². The Morgan fingerprint density at radius 1 is 0.970 bits per heavy atom. The average molecular weight is 475 g/mol. The zero-order valence-corrected chi connectivity index (χ0v) is 21.3. The van der Waals surface area contributed by atoms with Crippen LogP contribution in [0.4, 0.5) is 5.69 Å². The van der Waals surface area contributed by atoms with Crippen molar-refractivity contribution in [1.29, 1.82) is 0 Å². The van der Waals surface area contributed by atoms with Crippen LogP contribution in [0.3, 0.4) is 0 Å². The first-order chi connectivity index (χ1) is 15.6. The number of amides is 1. The molecule has 5 nitrogen and oxygen atoms in total. The van der Waals surface area contributed by atoms with Gasteiger partial charge in [0.1, 0.15) is 11.5 Å². The summed E-state index contributed by atoms with van der Waals surface area (Å²) in [5.41, 5.74) is 3.42. The van der Waals surface area contributed by atoms with E-state index in [2.05, 4.69) is 24.0 Å². The number of carbonyl (C=O) groups is 1. The molecule has 2 aromatic carbocycles. The molecular formula is C27H39ClN2O3. The van der Waals surface area contributed by atoms with Gasteiger partial charge in [0.15, 0.2) is 0 Å². The summed E-state index contributed by atoms with van der Waals surface area (Å²) in [7, 11) is 3.49. The van der Waals surface area contributed by atoms with Crippen LogP contribution < -0.4 is 14.4 Å². The van der Waals surface area contributed by atoms with E-state index in [1.807, 2.05) is 42.2 Å². The Labute approximate surface area is 205 Å². The number of methoxy groups -OCH3 is 2. The molecule has 0 bridgehead atoms. The number of para-hydroxylation sites is 1. The summed E-state index contributed by atoms with van der Waals surface area (Å²) in [6.45, 7) is 7.10. The number of carbonyl (C=O) groups excluding carboxylic acids is 1. The van der Waals surface area contributed by atoms with E-state index < -0.39 is 0 Å². The largest absolute Gasteiger partial charge is 0.496 e. The topological polar surface area (TPSA) is 42.0 Å². The first-order valence-corrected chi connectivity index (χ1v) is 11.9. The lowest BCUT2D eigenvalue weighted by Gasteiger charge is -2.38. The SMILES string of the molecule is CCCc1cc(OC)c(CCN2CCC(N(C(=O)CC)c3ccccc3)CC2)cc1OC.Cl. The Bertz CT molecular complexity index is 867. The van der Waals surface area contributed by atoms with Gasteiger partial charge in [-0.2, -0.15) is 0 Å². The monoisotopic (exact) mass is 474 g/mol. The summed E-state index contributed by atoms with van der Waals surface area (Å²) in [5, 5.41) is 0. The quantitative estimate of drug-likeness (QED) is 0.454. The van der Waals surface area contributed by atoms with E-state index in [-0.39, 0.29) is 24.4 Å². The maximum atomic E-state index is 12.7. The summed E-state index contributed by atoms with van der Waals surface area (Å²) in [5.74, 6) is 2.12. The first-order valence-electron chi connectivity index (χ1n) is 11.9. The number of rotatable bonds is 10. The number of aryl methyl sites for hydroxylation is 1. The number of likely N-dealkylation sites (tertiary alicyclic amines) is 1. The highest BCUT2D eigenvalue weighted by Gasteiger charge is 2.28. The Kier molecular flexibility index (Phi) is 11.0. The highest BCUT2D eigenvalue weighted by molar-refractivity contribution is 5.93. The second-order valence-corrected chi connectivity index (χ2v) is 8.50. The van der Waals surface area contributed by atoms with E-state index in [1.165, 1.54) is 11.1 Å². The van der Waals surface area contributed by atoms with Crippen molar-refractivity contribution in [2.75, 3.05) is 38.8 Å². The predicted molar refractivity (Wildman–Crippen MR) is 138 cm³/mol. The number of piperidine rings is 1. The Hall–Kier alpha value is -2.24. The van der Waals surface area contributed by atoms with Gasteiger partial charge in [-0.3, -0.25) is 4.79 Å². The Morgan fingerprint density at radius 2 is 1.55 bits per heavy atom. The molecule has 0 radical (unpaired) electrons. The van der Waals surface area contributed by atoms with Crippen molar-refractivity contribution in [3.05, 3.63) is 53.6 Å². The molecule has 0 N–H and O–H groups in total. The maximum absolute atomic E-state index is 12.7. The fourth-order valence-corrected chi connectivity index (χ4v) is 4.68. The molecule has 182 valence electrons. The van der Waals surface area contributed by atoms with Gasteiger partial charge in [-0.25, -0.2) is 0 Å². The van der Waals surface area contributed by atoms with Gasteiger partial charge in [0.05, 0.1) is 14.2 Å². The van der Waals surface area contributed by atoms with E-state index in [0.717, 1.165) is 68.9 Å². The van der Waals surface area contributed by atoms with Crippen molar-refractivity contribution in [3.8, 4) is 11.5 Å². The molecule has 1 amide bonds. The molecule has 0 aromatic heterocycles. The maximum Gasteiger partial charge on any atom is 0.226 e. The molecule has 1 heterocycles. The third-order valence-corrected chi connectivity index (χ3v) is 6.43. The van der Waals surface area contributed by atoms with Gasteiger partial charge in [0.2, 0.25) is 5.91 Å². The highest BCUT2D eigenvalue weighted by Crippen LogP contribution is 2.31. The van der Waals surface area contributed by atoms with Crippen molar-refractivity contribution in [1.82, 2.24) is 4.90 Å². The lowest BCUT2D eigenvalue weighted by Crippen LogP contribution is -2.47. The number of ether oxygens (including phenoxy) is 2. The molecule has 6 heteroatoms. The molecule has 1 aliphatic rings. The summed E-state index contributed by atoms with van der Waals surface area (Å²) in [6, 6.07) is 14.7. The summed E-state index contributed by atoms with van der Waals surface area (Å²) >= 11 is 0. The zero-order valence-electron chi connectivity index (χ0n) is 20.5. The number of halogens is 1. The fraction of sp³-hybridized carbons (Fsp3) is 0.519. The molecule has 1 aliphatic heterocycles. The van der Waals surface area contributed by atoms with Crippen LogP contribution in [0.25, 0.3) is 0 Å². The van der Waals surface area contributed by atoms with Crippen molar-refractivity contribution >= 4 is 24.0 Å². The smallest absolute Gasteiger partial charge is 0.226 e. The lowest BCUT2D eigenvalue weighted by molar-refractivity contribution is -0.119. The number of anilines is 1. The minimum absolute atomic E-state index is 0. The van der Waals surface area contributed by atoms with Crippen LogP contribution in [0.2, 0.25) is 0 Å². The normalized spacial score (nSPS) is 14.4.